The van der Waals surface area contributed by atoms with E-state index in [4.69, 9.17) is 33.2 Å². The molecule has 3 aromatic rings. The molecule has 3 aromatic carbocycles. The summed E-state index contributed by atoms with van der Waals surface area (Å²) in [7, 11) is 0. The summed E-state index contributed by atoms with van der Waals surface area (Å²) in [4.78, 5) is 0. The largest absolute Gasteiger partial charge is 0.341 e. The lowest BCUT2D eigenvalue weighted by Crippen LogP contribution is -2.07. The van der Waals surface area contributed by atoms with Crippen LogP contribution in [0.4, 0.5) is 4.39 Å². The molecule has 1 aliphatic rings. The van der Waals surface area contributed by atoms with Gasteiger partial charge in [-0.1, -0.05) is 106 Å². The second-order valence-electron chi connectivity index (χ2n) is 8.19. The summed E-state index contributed by atoms with van der Waals surface area (Å²) < 4.78 is 14.0. The number of hydrogen-bond donors (Lipinski definition) is 0. The van der Waals surface area contributed by atoms with Crippen LogP contribution in [0, 0.1) is 0 Å². The predicted octanol–water partition coefficient (Wildman–Crippen LogP) is 10.4. The first-order valence-corrected chi connectivity index (χ1v) is 16.5. The highest BCUT2D eigenvalue weighted by Gasteiger charge is 2.23. The highest BCUT2D eigenvalue weighted by molar-refractivity contribution is 7.64. The molecule has 0 saturated carbocycles. The Balaban J connectivity index is 0.000000199. The summed E-state index contributed by atoms with van der Waals surface area (Å²) in [5.41, 5.74) is 1.87. The minimum Gasteiger partial charge on any atom is -0.242 e. The van der Waals surface area contributed by atoms with Gasteiger partial charge in [-0.2, -0.15) is 0 Å². The Kier molecular flexibility index (Phi) is 9.27. The molecule has 5 heteroatoms. The van der Waals surface area contributed by atoms with Gasteiger partial charge in [-0.25, -0.2) is 4.39 Å². The van der Waals surface area contributed by atoms with Crippen LogP contribution < -0.4 is 0 Å². The molecule has 31 heavy (non-hydrogen) atoms. The van der Waals surface area contributed by atoms with Crippen LogP contribution in [0.15, 0.2) is 54.6 Å². The van der Waals surface area contributed by atoms with Gasteiger partial charge in [0.15, 0.2) is 0 Å². The number of fused-ring (bicyclic) bond motifs is 5. The van der Waals surface area contributed by atoms with Gasteiger partial charge in [0.2, 0.25) is 0 Å². The lowest BCUT2D eigenvalue weighted by atomic mass is 9.89. The third-order valence-electron chi connectivity index (χ3n) is 5.78. The van der Waals surface area contributed by atoms with Crippen molar-refractivity contribution in [2.75, 3.05) is 0 Å². The summed E-state index contributed by atoms with van der Waals surface area (Å²) in [5, 5.41) is 4.81. The lowest BCUT2D eigenvalue weighted by molar-refractivity contribution is 0.345. The normalized spacial score (nSPS) is 15.6. The predicted molar refractivity (Wildman–Crippen MR) is 140 cm³/mol. The molecule has 0 nitrogen and oxygen atoms in total. The maximum atomic E-state index is 14.0. The molecule has 1 aliphatic carbocycles. The number of hydrogen-bond acceptors (Lipinski definition) is 0. The standard InChI is InChI=1S/C18H13F.C8H17Cl3Si/c19-18-7-3-6-14-16-9-8-12-4-1-2-5-13(12)15(16)10-11-17(14)18;1-2-3-4-5-6-7-8-12(9,10)11/h1-6,8-11,18H,7H2;2-8H2,1H3. The van der Waals surface area contributed by atoms with Gasteiger partial charge >= 0.3 is 6.00 Å². The number of alkyl halides is 1. The third-order valence-corrected chi connectivity index (χ3v) is 8.40. The average molecular weight is 496 g/mol. The quantitative estimate of drug-likeness (QED) is 0.132. The highest BCUT2D eigenvalue weighted by Crippen LogP contribution is 2.37. The van der Waals surface area contributed by atoms with E-state index in [0.717, 1.165) is 29.0 Å². The zero-order valence-corrected chi connectivity index (χ0v) is 21.3. The van der Waals surface area contributed by atoms with Crippen molar-refractivity contribution in [3.8, 4) is 0 Å². The molecule has 0 bridgehead atoms. The zero-order valence-electron chi connectivity index (χ0n) is 18.0. The summed E-state index contributed by atoms with van der Waals surface area (Å²) in [5.74, 6) is 0. The van der Waals surface area contributed by atoms with Crippen LogP contribution in [0.25, 0.3) is 27.6 Å². The fraction of sp³-hybridized carbons (Fsp3) is 0.385. The zero-order chi connectivity index (χ0) is 22.3. The molecule has 166 valence electrons. The minimum atomic E-state index is -2.31. The van der Waals surface area contributed by atoms with Crippen LogP contribution in [-0.2, 0) is 0 Å². The Morgan fingerprint density at radius 1 is 0.839 bits per heavy atom. The molecule has 0 aromatic heterocycles. The smallest absolute Gasteiger partial charge is 0.242 e. The Morgan fingerprint density at radius 3 is 2.32 bits per heavy atom. The summed E-state index contributed by atoms with van der Waals surface area (Å²) >= 11 is 17.2. The first-order valence-electron chi connectivity index (χ1n) is 11.2. The Labute approximate surface area is 200 Å². The molecule has 1 unspecified atom stereocenters. The molecule has 0 fully saturated rings. The van der Waals surface area contributed by atoms with Crippen LogP contribution >= 0.6 is 33.2 Å². The van der Waals surface area contributed by atoms with Gasteiger partial charge in [-0.05, 0) is 38.7 Å². The number of rotatable bonds is 7. The van der Waals surface area contributed by atoms with Gasteiger partial charge in [-0.15, -0.1) is 33.2 Å². The highest BCUT2D eigenvalue weighted by atomic mass is 35.8. The van der Waals surface area contributed by atoms with Crippen molar-refractivity contribution in [3.63, 3.8) is 0 Å². The van der Waals surface area contributed by atoms with Crippen molar-refractivity contribution in [3.05, 3.63) is 65.7 Å². The fourth-order valence-corrected chi connectivity index (χ4v) is 5.98. The van der Waals surface area contributed by atoms with Crippen LogP contribution in [0.1, 0.15) is 69.2 Å². The number of unbranched alkanes of at least 4 members (excludes halogenated alkanes) is 5. The van der Waals surface area contributed by atoms with E-state index < -0.39 is 12.2 Å². The van der Waals surface area contributed by atoms with E-state index in [1.807, 2.05) is 18.2 Å². The van der Waals surface area contributed by atoms with Crippen molar-refractivity contribution in [2.45, 2.75) is 64.1 Å². The minimum absolute atomic E-state index is 0.492. The van der Waals surface area contributed by atoms with Crippen molar-refractivity contribution < 1.29 is 4.39 Å². The van der Waals surface area contributed by atoms with E-state index in [9.17, 15) is 4.39 Å². The molecule has 0 saturated heterocycles. The Morgan fingerprint density at radius 2 is 1.55 bits per heavy atom. The summed E-state index contributed by atoms with van der Waals surface area (Å²) in [6.07, 6.45) is 11.2. The molecular weight excluding hydrogens is 466 g/mol. The van der Waals surface area contributed by atoms with E-state index in [1.54, 1.807) is 0 Å². The van der Waals surface area contributed by atoms with Gasteiger partial charge in [0.1, 0.15) is 6.17 Å². The van der Waals surface area contributed by atoms with Crippen LogP contribution in [0.5, 0.6) is 0 Å². The summed E-state index contributed by atoms with van der Waals surface area (Å²) in [6.45, 7) is 2.22. The third kappa shape index (κ3) is 6.96. The van der Waals surface area contributed by atoms with Crippen LogP contribution in [-0.4, -0.2) is 6.00 Å². The Hall–Kier alpha value is -1.06. The molecule has 0 aliphatic heterocycles. The van der Waals surface area contributed by atoms with Gasteiger partial charge in [0, 0.05) is 6.42 Å². The van der Waals surface area contributed by atoms with Crippen molar-refractivity contribution in [1.82, 2.24) is 0 Å². The molecule has 0 heterocycles. The van der Waals surface area contributed by atoms with Crippen molar-refractivity contribution in [1.29, 1.82) is 0 Å². The number of benzene rings is 3. The monoisotopic (exact) mass is 494 g/mol. The molecule has 1 atom stereocenters. The van der Waals surface area contributed by atoms with Crippen LogP contribution in [0.3, 0.4) is 0 Å². The van der Waals surface area contributed by atoms with Gasteiger partial charge in [0.05, 0.1) is 0 Å². The van der Waals surface area contributed by atoms with Gasteiger partial charge in [0.25, 0.3) is 0 Å². The van der Waals surface area contributed by atoms with E-state index in [2.05, 4.69) is 49.4 Å². The molecule has 0 amide bonds. The lowest BCUT2D eigenvalue weighted by Gasteiger charge is -2.17. The van der Waals surface area contributed by atoms with Gasteiger partial charge < -0.3 is 0 Å². The first-order chi connectivity index (χ1) is 14.9. The van der Waals surface area contributed by atoms with Gasteiger partial charge in [-0.3, -0.25) is 0 Å². The van der Waals surface area contributed by atoms with Crippen molar-refractivity contribution in [2.24, 2.45) is 0 Å². The van der Waals surface area contributed by atoms with E-state index in [1.165, 1.54) is 48.3 Å². The number of halogens is 4. The first kappa shape index (κ1) is 24.6. The van der Waals surface area contributed by atoms with Crippen LogP contribution in [0.2, 0.25) is 6.04 Å². The van der Waals surface area contributed by atoms with Crippen molar-refractivity contribution >= 4 is 66.9 Å². The second kappa shape index (κ2) is 11.7. The molecule has 0 radical (unpaired) electrons. The Bertz CT molecular complexity index is 1030. The van der Waals surface area contributed by atoms with E-state index in [-0.39, 0.29) is 0 Å². The average Bonchev–Trinajstić information content (AvgIpc) is 2.76. The molecule has 0 spiro atoms. The van der Waals surface area contributed by atoms with E-state index >= 15 is 0 Å². The number of allylic oxidation sites excluding steroid dienone is 1. The SMILES string of the molecule is CCCCCCCC[Si](Cl)(Cl)Cl.FC1CC=Cc2c1ccc1c2ccc2ccccc21. The topological polar surface area (TPSA) is 0 Å². The molecule has 4 rings (SSSR count). The molecular formula is C26H30Cl3FSi. The maximum Gasteiger partial charge on any atom is 0.341 e. The fourth-order valence-electron chi connectivity index (χ4n) is 4.13. The van der Waals surface area contributed by atoms with E-state index in [0.29, 0.717) is 6.42 Å². The maximum absolute atomic E-state index is 14.0. The second-order valence-corrected chi connectivity index (χ2v) is 17.5. The summed E-state index contributed by atoms with van der Waals surface area (Å²) in [6, 6.07) is 15.1. The molecule has 0 N–H and O–H groups in total.